The van der Waals surface area contributed by atoms with Crippen LogP contribution in [0.15, 0.2) is 23.3 Å². The Bertz CT molecular complexity index is 611. The van der Waals surface area contributed by atoms with Gasteiger partial charge in [-0.2, -0.15) is 0 Å². The molecule has 2 bridgehead atoms. The quantitative estimate of drug-likeness (QED) is 0.549. The van der Waals surface area contributed by atoms with Crippen LogP contribution in [0.25, 0.3) is 0 Å². The van der Waals surface area contributed by atoms with Gasteiger partial charge in [-0.15, -0.1) is 0 Å². The third kappa shape index (κ3) is 1.26. The summed E-state index contributed by atoms with van der Waals surface area (Å²) in [6.07, 6.45) is 4.82. The van der Waals surface area contributed by atoms with Crippen molar-refractivity contribution in [2.75, 3.05) is 6.54 Å². The Hall–Kier alpha value is -1.01. The van der Waals surface area contributed by atoms with E-state index in [1.54, 1.807) is 6.08 Å². The number of nitrogens with one attached hydrogen (secondary N) is 1. The van der Waals surface area contributed by atoms with Gasteiger partial charge < -0.3 is 20.3 Å². The largest absolute Gasteiger partial charge is 0.385 e. The van der Waals surface area contributed by atoms with E-state index in [-0.39, 0.29) is 11.8 Å². The molecular weight excluding hydrogens is 270 g/mol. The van der Waals surface area contributed by atoms with E-state index in [1.165, 1.54) is 6.08 Å². The second-order valence-electron chi connectivity index (χ2n) is 7.07. The van der Waals surface area contributed by atoms with E-state index in [0.717, 1.165) is 37.0 Å². The number of aliphatic hydroxyl groups excluding tert-OH is 1. The maximum Gasteiger partial charge on any atom is 0.210 e. The van der Waals surface area contributed by atoms with Crippen molar-refractivity contribution in [2.24, 2.45) is 11.3 Å². The molecule has 3 N–H and O–H groups in total. The molecule has 1 spiro atoms. The molecule has 112 valence electrons. The second kappa shape index (κ2) is 3.66. The zero-order chi connectivity index (χ0) is 14.4. The van der Waals surface area contributed by atoms with Crippen LogP contribution in [0.4, 0.5) is 0 Å². The minimum Gasteiger partial charge on any atom is -0.385 e. The van der Waals surface area contributed by atoms with Crippen molar-refractivity contribution in [3.63, 3.8) is 0 Å². The van der Waals surface area contributed by atoms with Gasteiger partial charge in [0.2, 0.25) is 5.79 Å². The lowest BCUT2D eigenvalue weighted by Crippen LogP contribution is -2.62. The summed E-state index contributed by atoms with van der Waals surface area (Å²) >= 11 is 0. The molecule has 5 aliphatic rings. The summed E-state index contributed by atoms with van der Waals surface area (Å²) in [5.41, 5.74) is 1.27. The first-order valence-corrected chi connectivity index (χ1v) is 7.84. The first-order valence-electron chi connectivity index (χ1n) is 7.84. The standard InChI is InChI=1S/C16H19NO4/c18-11-3-4-16(20)13-8(11)7-10-9-1-2-12(19)14(21-16)15(9,13)5-6-17-10/h3-4,9-11,14,17-18,20H,1-2,5-7H2/t9-,10+,11?,14?,15-,16?/m0/s1. The van der Waals surface area contributed by atoms with Gasteiger partial charge in [0, 0.05) is 23.5 Å². The highest BCUT2D eigenvalue weighted by Crippen LogP contribution is 2.65. The number of carbonyl (C=O) groups is 1. The Labute approximate surface area is 122 Å². The zero-order valence-corrected chi connectivity index (χ0v) is 11.7. The molecule has 3 aliphatic carbocycles. The molecule has 21 heavy (non-hydrogen) atoms. The third-order valence-corrected chi connectivity index (χ3v) is 6.30. The maximum atomic E-state index is 12.4. The molecular formula is C16H19NO4. The summed E-state index contributed by atoms with van der Waals surface area (Å²) in [5.74, 6) is -1.06. The Morgan fingerprint density at radius 3 is 3.14 bits per heavy atom. The highest BCUT2D eigenvalue weighted by Gasteiger charge is 2.70. The predicted molar refractivity (Wildman–Crippen MR) is 73.2 cm³/mol. The Morgan fingerprint density at radius 1 is 1.43 bits per heavy atom. The topological polar surface area (TPSA) is 78.8 Å². The van der Waals surface area contributed by atoms with Gasteiger partial charge in [-0.25, -0.2) is 0 Å². The fourth-order valence-corrected chi connectivity index (χ4v) is 5.65. The number of ketones is 1. The van der Waals surface area contributed by atoms with E-state index in [0.29, 0.717) is 12.3 Å². The number of aliphatic hydroxyl groups is 2. The fourth-order valence-electron chi connectivity index (χ4n) is 5.65. The number of ether oxygens (including phenoxy) is 1. The van der Waals surface area contributed by atoms with E-state index < -0.39 is 23.4 Å². The minimum absolute atomic E-state index is 0.103. The zero-order valence-electron chi connectivity index (χ0n) is 11.7. The molecule has 2 aliphatic heterocycles. The van der Waals surface area contributed by atoms with Crippen molar-refractivity contribution in [1.82, 2.24) is 5.32 Å². The molecule has 0 aromatic rings. The van der Waals surface area contributed by atoms with Gasteiger partial charge in [-0.05, 0) is 43.4 Å². The predicted octanol–water partition coefficient (Wildman–Crippen LogP) is 0.0322. The summed E-state index contributed by atoms with van der Waals surface area (Å²) < 4.78 is 5.90. The second-order valence-corrected chi connectivity index (χ2v) is 7.07. The van der Waals surface area contributed by atoms with E-state index in [1.807, 2.05) is 0 Å². The van der Waals surface area contributed by atoms with Crippen LogP contribution in [-0.4, -0.2) is 46.6 Å². The molecule has 5 nitrogen and oxygen atoms in total. The average Bonchev–Trinajstić information content (AvgIpc) is 2.71. The maximum absolute atomic E-state index is 12.4. The van der Waals surface area contributed by atoms with Gasteiger partial charge in [0.15, 0.2) is 5.78 Å². The van der Waals surface area contributed by atoms with E-state index in [4.69, 9.17) is 4.74 Å². The van der Waals surface area contributed by atoms with Crippen molar-refractivity contribution < 1.29 is 19.7 Å². The summed E-state index contributed by atoms with van der Waals surface area (Å²) in [6.45, 7) is 0.834. The molecule has 6 atom stereocenters. The summed E-state index contributed by atoms with van der Waals surface area (Å²) in [7, 11) is 0. The molecule has 3 fully saturated rings. The minimum atomic E-state index is -1.49. The van der Waals surface area contributed by atoms with Crippen molar-refractivity contribution in [1.29, 1.82) is 0 Å². The first kappa shape index (κ1) is 12.5. The number of Topliss-reactive ketones (excluding diaryl/α,β-unsaturated/α-hetero) is 1. The highest BCUT2D eigenvalue weighted by atomic mass is 16.6. The van der Waals surface area contributed by atoms with Crippen molar-refractivity contribution in [2.45, 2.75) is 49.7 Å². The number of piperidine rings is 1. The number of hydrogen-bond acceptors (Lipinski definition) is 5. The fraction of sp³-hybridized carbons (Fsp3) is 0.688. The SMILES string of the molecule is O=C1CC[C@H]2[C@H]3CC4=C5C(O)(C=CC4O)OC1[C@]52CCN3. The van der Waals surface area contributed by atoms with Crippen molar-refractivity contribution in [3.8, 4) is 0 Å². The lowest BCUT2D eigenvalue weighted by Gasteiger charge is -2.56. The lowest BCUT2D eigenvalue weighted by molar-refractivity contribution is -0.171. The van der Waals surface area contributed by atoms with Crippen LogP contribution < -0.4 is 5.32 Å². The first-order chi connectivity index (χ1) is 10.1. The third-order valence-electron chi connectivity index (χ3n) is 6.30. The summed E-state index contributed by atoms with van der Waals surface area (Å²) in [5, 5.41) is 24.8. The lowest BCUT2D eigenvalue weighted by atomic mass is 9.50. The molecule has 0 aromatic heterocycles. The van der Waals surface area contributed by atoms with Crippen molar-refractivity contribution >= 4 is 5.78 Å². The van der Waals surface area contributed by atoms with Gasteiger partial charge in [0.1, 0.15) is 6.10 Å². The van der Waals surface area contributed by atoms with E-state index >= 15 is 0 Å². The molecule has 0 amide bonds. The van der Waals surface area contributed by atoms with Crippen LogP contribution >= 0.6 is 0 Å². The van der Waals surface area contributed by atoms with Gasteiger partial charge in [-0.3, -0.25) is 4.79 Å². The molecule has 1 saturated carbocycles. The van der Waals surface area contributed by atoms with Crippen LogP contribution in [0.2, 0.25) is 0 Å². The van der Waals surface area contributed by atoms with E-state index in [9.17, 15) is 15.0 Å². The van der Waals surface area contributed by atoms with Gasteiger partial charge in [-0.1, -0.05) is 6.08 Å². The average molecular weight is 289 g/mol. The highest BCUT2D eigenvalue weighted by molar-refractivity contribution is 5.87. The smallest absolute Gasteiger partial charge is 0.210 e. The van der Waals surface area contributed by atoms with Gasteiger partial charge in [0.05, 0.1) is 6.10 Å². The summed E-state index contributed by atoms with van der Waals surface area (Å²) in [6, 6.07) is 0.278. The van der Waals surface area contributed by atoms with E-state index in [2.05, 4.69) is 5.32 Å². The molecule has 2 heterocycles. The molecule has 0 radical (unpaired) electrons. The van der Waals surface area contributed by atoms with Crippen LogP contribution in [0, 0.1) is 11.3 Å². The molecule has 0 aromatic carbocycles. The number of rotatable bonds is 0. The van der Waals surface area contributed by atoms with Crippen LogP contribution in [0.5, 0.6) is 0 Å². The Morgan fingerprint density at radius 2 is 2.29 bits per heavy atom. The van der Waals surface area contributed by atoms with Crippen LogP contribution in [0.3, 0.4) is 0 Å². The molecule has 5 rings (SSSR count). The van der Waals surface area contributed by atoms with Gasteiger partial charge in [0.25, 0.3) is 0 Å². The summed E-state index contributed by atoms with van der Waals surface area (Å²) in [4.78, 5) is 12.4. The van der Waals surface area contributed by atoms with Crippen LogP contribution in [0.1, 0.15) is 25.7 Å². The van der Waals surface area contributed by atoms with Gasteiger partial charge >= 0.3 is 0 Å². The molecule has 2 saturated heterocycles. The monoisotopic (exact) mass is 289 g/mol. The Balaban J connectivity index is 1.81. The Kier molecular flexibility index (Phi) is 2.18. The van der Waals surface area contributed by atoms with Crippen LogP contribution in [-0.2, 0) is 9.53 Å². The van der Waals surface area contributed by atoms with Crippen molar-refractivity contribution in [3.05, 3.63) is 23.3 Å². The number of carbonyl (C=O) groups excluding carboxylic acids is 1. The molecule has 3 unspecified atom stereocenters. The normalized spacial score (nSPS) is 53.9. The molecule has 5 heteroatoms. The number of hydrogen-bond donors (Lipinski definition) is 3.